The van der Waals surface area contributed by atoms with E-state index in [4.69, 9.17) is 9.84 Å². The molecule has 0 aliphatic heterocycles. The summed E-state index contributed by atoms with van der Waals surface area (Å²) in [4.78, 5) is 34.4. The van der Waals surface area contributed by atoms with Crippen molar-refractivity contribution in [2.75, 3.05) is 0 Å². The van der Waals surface area contributed by atoms with Crippen molar-refractivity contribution in [3.8, 4) is 5.75 Å². The standard InChI is InChI=1S/C14H16BrNO5/c1-7(2)12(14(19)20)16-13(18)10-6-9(15)4-5-11(10)21-8(3)17/h4-7,12H,1-3H3,(H,16,18)(H,19,20). The summed E-state index contributed by atoms with van der Waals surface area (Å²) in [6, 6.07) is 3.52. The Morgan fingerprint density at radius 2 is 1.90 bits per heavy atom. The Morgan fingerprint density at radius 1 is 1.29 bits per heavy atom. The van der Waals surface area contributed by atoms with Gasteiger partial charge in [-0.25, -0.2) is 4.79 Å². The quantitative estimate of drug-likeness (QED) is 0.622. The summed E-state index contributed by atoms with van der Waals surface area (Å²) in [5.41, 5.74) is 0.0893. The lowest BCUT2D eigenvalue weighted by molar-refractivity contribution is -0.140. The fourth-order valence-electron chi connectivity index (χ4n) is 1.66. The first-order valence-electron chi connectivity index (χ1n) is 6.24. The summed E-state index contributed by atoms with van der Waals surface area (Å²) in [5, 5.41) is 11.5. The third-order valence-electron chi connectivity index (χ3n) is 2.66. The molecule has 2 N–H and O–H groups in total. The number of rotatable bonds is 5. The Labute approximate surface area is 130 Å². The predicted molar refractivity (Wildman–Crippen MR) is 79.2 cm³/mol. The number of esters is 1. The first kappa shape index (κ1) is 17.2. The van der Waals surface area contributed by atoms with Gasteiger partial charge in [0.2, 0.25) is 0 Å². The van der Waals surface area contributed by atoms with Gasteiger partial charge < -0.3 is 15.2 Å². The molecule has 0 spiro atoms. The molecule has 1 rings (SSSR count). The van der Waals surface area contributed by atoms with E-state index in [0.29, 0.717) is 4.47 Å². The smallest absolute Gasteiger partial charge is 0.326 e. The van der Waals surface area contributed by atoms with Crippen LogP contribution < -0.4 is 10.1 Å². The molecule has 1 amide bonds. The fourth-order valence-corrected chi connectivity index (χ4v) is 2.02. The van der Waals surface area contributed by atoms with Crippen molar-refractivity contribution in [3.05, 3.63) is 28.2 Å². The highest BCUT2D eigenvalue weighted by atomic mass is 79.9. The van der Waals surface area contributed by atoms with Gasteiger partial charge in [-0.3, -0.25) is 9.59 Å². The third kappa shape index (κ3) is 4.86. The van der Waals surface area contributed by atoms with Gasteiger partial charge in [-0.1, -0.05) is 29.8 Å². The van der Waals surface area contributed by atoms with E-state index >= 15 is 0 Å². The molecule has 0 bridgehead atoms. The number of carbonyl (C=O) groups excluding carboxylic acids is 2. The van der Waals surface area contributed by atoms with E-state index in [2.05, 4.69) is 21.2 Å². The van der Waals surface area contributed by atoms with Gasteiger partial charge >= 0.3 is 11.9 Å². The third-order valence-corrected chi connectivity index (χ3v) is 3.15. The van der Waals surface area contributed by atoms with Crippen LogP contribution in [0.2, 0.25) is 0 Å². The number of halogens is 1. The Balaban J connectivity index is 3.08. The minimum absolute atomic E-state index is 0.0797. The van der Waals surface area contributed by atoms with Crippen LogP contribution >= 0.6 is 15.9 Å². The molecule has 1 aromatic carbocycles. The zero-order valence-electron chi connectivity index (χ0n) is 11.8. The van der Waals surface area contributed by atoms with Gasteiger partial charge in [0.05, 0.1) is 5.56 Å². The van der Waals surface area contributed by atoms with Crippen molar-refractivity contribution < 1.29 is 24.2 Å². The van der Waals surface area contributed by atoms with Crippen LogP contribution in [0.1, 0.15) is 31.1 Å². The van der Waals surface area contributed by atoms with E-state index in [-0.39, 0.29) is 17.2 Å². The second-order valence-electron chi connectivity index (χ2n) is 4.77. The van der Waals surface area contributed by atoms with Crippen molar-refractivity contribution in [2.45, 2.75) is 26.8 Å². The lowest BCUT2D eigenvalue weighted by atomic mass is 10.0. The molecule has 0 saturated heterocycles. The van der Waals surface area contributed by atoms with Crippen LogP contribution in [0, 0.1) is 5.92 Å². The van der Waals surface area contributed by atoms with Crippen LogP contribution in [0.5, 0.6) is 5.75 Å². The number of aliphatic carboxylic acids is 1. The molecule has 7 heteroatoms. The maximum absolute atomic E-state index is 12.2. The number of nitrogens with one attached hydrogen (secondary N) is 1. The van der Waals surface area contributed by atoms with E-state index in [1.54, 1.807) is 19.9 Å². The highest BCUT2D eigenvalue weighted by Gasteiger charge is 2.25. The SMILES string of the molecule is CC(=O)Oc1ccc(Br)cc1C(=O)NC(C(=O)O)C(C)C. The first-order valence-corrected chi connectivity index (χ1v) is 7.03. The predicted octanol–water partition coefficient (Wildman–Crippen LogP) is 2.21. The number of carboxylic acid groups (broad SMARTS) is 1. The molecule has 114 valence electrons. The minimum Gasteiger partial charge on any atom is -0.480 e. The summed E-state index contributed by atoms with van der Waals surface area (Å²) < 4.78 is 5.57. The normalized spacial score (nSPS) is 11.9. The first-order chi connectivity index (χ1) is 9.72. The molecule has 1 aromatic rings. The number of hydrogen-bond donors (Lipinski definition) is 2. The van der Waals surface area contributed by atoms with Gasteiger partial charge in [0, 0.05) is 11.4 Å². The number of amides is 1. The van der Waals surface area contributed by atoms with Crippen LogP contribution in [0.25, 0.3) is 0 Å². The summed E-state index contributed by atoms with van der Waals surface area (Å²) >= 11 is 3.22. The highest BCUT2D eigenvalue weighted by molar-refractivity contribution is 9.10. The molecule has 0 radical (unpaired) electrons. The van der Waals surface area contributed by atoms with Crippen molar-refractivity contribution >= 4 is 33.8 Å². The number of ether oxygens (including phenoxy) is 1. The second kappa shape index (κ2) is 7.21. The number of hydrogen-bond acceptors (Lipinski definition) is 4. The van der Waals surface area contributed by atoms with Crippen molar-refractivity contribution in [3.63, 3.8) is 0 Å². The summed E-state index contributed by atoms with van der Waals surface area (Å²) in [7, 11) is 0. The zero-order chi connectivity index (χ0) is 16.2. The molecule has 0 aliphatic rings. The molecule has 1 unspecified atom stereocenters. The molecule has 0 aliphatic carbocycles. The van der Waals surface area contributed by atoms with E-state index in [0.717, 1.165) is 0 Å². The lowest BCUT2D eigenvalue weighted by Crippen LogP contribution is -2.44. The molecule has 0 saturated carbocycles. The van der Waals surface area contributed by atoms with Crippen molar-refractivity contribution in [1.29, 1.82) is 0 Å². The Hall–Kier alpha value is -1.89. The monoisotopic (exact) mass is 357 g/mol. The Bertz CT molecular complexity index is 570. The van der Waals surface area contributed by atoms with Crippen LogP contribution in [0.3, 0.4) is 0 Å². The number of carbonyl (C=O) groups is 3. The average Bonchev–Trinajstić information content (AvgIpc) is 2.36. The van der Waals surface area contributed by atoms with Gasteiger partial charge in [0.15, 0.2) is 0 Å². The molecule has 0 heterocycles. The maximum atomic E-state index is 12.2. The average molecular weight is 358 g/mol. The fraction of sp³-hybridized carbons (Fsp3) is 0.357. The second-order valence-corrected chi connectivity index (χ2v) is 5.68. The van der Waals surface area contributed by atoms with Gasteiger partial charge in [-0.15, -0.1) is 0 Å². The summed E-state index contributed by atoms with van der Waals surface area (Å²) in [6.45, 7) is 4.60. The maximum Gasteiger partial charge on any atom is 0.326 e. The van der Waals surface area contributed by atoms with Crippen LogP contribution in [-0.4, -0.2) is 29.0 Å². The van der Waals surface area contributed by atoms with E-state index in [9.17, 15) is 14.4 Å². The molecule has 0 aromatic heterocycles. The number of carboxylic acids is 1. The Kier molecular flexibility index (Phi) is 5.90. The topological polar surface area (TPSA) is 92.7 Å². The highest BCUT2D eigenvalue weighted by Crippen LogP contribution is 2.23. The molecular weight excluding hydrogens is 342 g/mol. The van der Waals surface area contributed by atoms with Gasteiger partial charge in [0.25, 0.3) is 5.91 Å². The van der Waals surface area contributed by atoms with Crippen LogP contribution in [0.15, 0.2) is 22.7 Å². The van der Waals surface area contributed by atoms with Gasteiger partial charge in [-0.05, 0) is 24.1 Å². The zero-order valence-corrected chi connectivity index (χ0v) is 13.4. The minimum atomic E-state index is -1.12. The van der Waals surface area contributed by atoms with E-state index in [1.165, 1.54) is 19.1 Å². The molecule has 21 heavy (non-hydrogen) atoms. The van der Waals surface area contributed by atoms with E-state index < -0.39 is 23.9 Å². The largest absolute Gasteiger partial charge is 0.480 e. The van der Waals surface area contributed by atoms with E-state index in [1.807, 2.05) is 0 Å². The van der Waals surface area contributed by atoms with Crippen LogP contribution in [-0.2, 0) is 9.59 Å². The van der Waals surface area contributed by atoms with Crippen LogP contribution in [0.4, 0.5) is 0 Å². The van der Waals surface area contributed by atoms with Crippen molar-refractivity contribution in [1.82, 2.24) is 5.32 Å². The molecule has 0 fully saturated rings. The lowest BCUT2D eigenvalue weighted by Gasteiger charge is -2.18. The summed E-state index contributed by atoms with van der Waals surface area (Å²) in [5.74, 6) is -2.51. The molecular formula is C14H16BrNO5. The van der Waals surface area contributed by atoms with Gasteiger partial charge in [0.1, 0.15) is 11.8 Å². The number of benzene rings is 1. The molecule has 1 atom stereocenters. The summed E-state index contributed by atoms with van der Waals surface area (Å²) in [6.07, 6.45) is 0. The molecule has 6 nitrogen and oxygen atoms in total. The van der Waals surface area contributed by atoms with Gasteiger partial charge in [-0.2, -0.15) is 0 Å². The van der Waals surface area contributed by atoms with Crippen molar-refractivity contribution in [2.24, 2.45) is 5.92 Å². The Morgan fingerprint density at radius 3 is 2.38 bits per heavy atom.